The Hall–Kier alpha value is -3.99. The van der Waals surface area contributed by atoms with Gasteiger partial charge in [-0.1, -0.05) is 6.07 Å². The standard InChI is InChI=1S/C21H14F2N2O6S/c1-30-16-4-2-3-13(22)11(16)8-31-10-5-6-14(23)15(7-10)25-19(26)17-12(20(27)28)9-32-18(17)24-21(25)29/h2-7,9H,8H2,1H3,(H,24,29)(H,27,28). The molecule has 0 atom stereocenters. The van der Waals surface area contributed by atoms with E-state index in [0.29, 0.717) is 4.57 Å². The van der Waals surface area contributed by atoms with Gasteiger partial charge in [-0.3, -0.25) is 9.78 Å². The van der Waals surface area contributed by atoms with E-state index in [9.17, 15) is 28.3 Å². The second kappa shape index (κ2) is 8.27. The SMILES string of the molecule is COc1cccc(F)c1COc1ccc(F)c(-n2c(=O)[nH]c3scc(C(=O)O)c3c2=O)c1. The Kier molecular flexibility index (Phi) is 5.49. The Morgan fingerprint density at radius 2 is 1.97 bits per heavy atom. The third kappa shape index (κ3) is 3.62. The minimum atomic E-state index is -1.36. The molecule has 4 rings (SSSR count). The number of rotatable bonds is 6. The number of nitrogens with zero attached hydrogens (tertiary/aromatic N) is 1. The second-order valence-electron chi connectivity index (χ2n) is 6.55. The molecule has 0 spiro atoms. The number of halogens is 2. The molecule has 0 aliphatic carbocycles. The quantitative estimate of drug-likeness (QED) is 0.457. The number of H-pyrrole nitrogens is 1. The fourth-order valence-electron chi connectivity index (χ4n) is 3.17. The summed E-state index contributed by atoms with van der Waals surface area (Å²) in [7, 11) is 1.37. The van der Waals surface area contributed by atoms with Crippen molar-refractivity contribution in [2.45, 2.75) is 6.61 Å². The molecule has 0 aliphatic rings. The van der Waals surface area contributed by atoms with Crippen molar-refractivity contribution in [3.05, 3.63) is 85.4 Å². The van der Waals surface area contributed by atoms with E-state index in [2.05, 4.69) is 4.98 Å². The fourth-order valence-corrected chi connectivity index (χ4v) is 4.09. The number of carboxylic acid groups (broad SMARTS) is 1. The third-order valence-corrected chi connectivity index (χ3v) is 5.59. The van der Waals surface area contributed by atoms with Crippen LogP contribution in [0.2, 0.25) is 0 Å². The number of nitrogens with one attached hydrogen (secondary N) is 1. The number of thiophene rings is 1. The maximum Gasteiger partial charge on any atom is 0.337 e. The Labute approximate surface area is 181 Å². The number of aromatic amines is 1. The van der Waals surface area contributed by atoms with Crippen molar-refractivity contribution < 1.29 is 28.2 Å². The number of fused-ring (bicyclic) bond motifs is 1. The smallest absolute Gasteiger partial charge is 0.337 e. The van der Waals surface area contributed by atoms with Crippen LogP contribution < -0.4 is 20.7 Å². The molecule has 2 aromatic carbocycles. The second-order valence-corrected chi connectivity index (χ2v) is 7.43. The lowest BCUT2D eigenvalue weighted by Crippen LogP contribution is -2.34. The molecule has 0 radical (unpaired) electrons. The van der Waals surface area contributed by atoms with Crippen LogP contribution in [0.4, 0.5) is 8.78 Å². The van der Waals surface area contributed by atoms with Crippen molar-refractivity contribution in [1.82, 2.24) is 9.55 Å². The summed E-state index contributed by atoms with van der Waals surface area (Å²) in [5.41, 5.74) is -2.57. The van der Waals surface area contributed by atoms with Crippen molar-refractivity contribution in [1.29, 1.82) is 0 Å². The van der Waals surface area contributed by atoms with Crippen molar-refractivity contribution in [3.63, 3.8) is 0 Å². The van der Waals surface area contributed by atoms with Crippen molar-refractivity contribution in [2.24, 2.45) is 0 Å². The molecule has 8 nitrogen and oxygen atoms in total. The van der Waals surface area contributed by atoms with E-state index in [1.54, 1.807) is 6.07 Å². The van der Waals surface area contributed by atoms with Gasteiger partial charge in [0.25, 0.3) is 5.56 Å². The number of methoxy groups -OCH3 is 1. The Balaban J connectivity index is 1.78. The molecule has 0 amide bonds. The first-order valence-corrected chi connectivity index (χ1v) is 9.93. The summed E-state index contributed by atoms with van der Waals surface area (Å²) in [6.07, 6.45) is 0. The van der Waals surface area contributed by atoms with E-state index in [1.807, 2.05) is 0 Å². The van der Waals surface area contributed by atoms with Crippen LogP contribution in [0.5, 0.6) is 11.5 Å². The maximum absolute atomic E-state index is 14.6. The van der Waals surface area contributed by atoms with Gasteiger partial charge in [-0.15, -0.1) is 11.3 Å². The molecular weight excluding hydrogens is 446 g/mol. The summed E-state index contributed by atoms with van der Waals surface area (Å²) in [5, 5.41) is 10.3. The molecule has 4 aromatic rings. The predicted molar refractivity (Wildman–Crippen MR) is 112 cm³/mol. The molecular formula is C21H14F2N2O6S. The number of carboxylic acids is 1. The zero-order chi connectivity index (χ0) is 23.0. The minimum absolute atomic E-state index is 0.0434. The van der Waals surface area contributed by atoms with Crippen LogP contribution in [0.1, 0.15) is 15.9 Å². The first-order valence-electron chi connectivity index (χ1n) is 9.05. The zero-order valence-corrected chi connectivity index (χ0v) is 17.2. The third-order valence-electron chi connectivity index (χ3n) is 4.70. The number of benzene rings is 2. The summed E-state index contributed by atoms with van der Waals surface area (Å²) in [5.74, 6) is -2.54. The van der Waals surface area contributed by atoms with Crippen LogP contribution in [0, 0.1) is 11.6 Å². The van der Waals surface area contributed by atoms with E-state index < -0.39 is 34.5 Å². The highest BCUT2D eigenvalue weighted by Gasteiger charge is 2.20. The van der Waals surface area contributed by atoms with Crippen LogP contribution in [0.15, 0.2) is 51.4 Å². The summed E-state index contributed by atoms with van der Waals surface area (Å²) in [6, 6.07) is 7.57. The van der Waals surface area contributed by atoms with Crippen molar-refractivity contribution in [3.8, 4) is 17.2 Å². The topological polar surface area (TPSA) is 111 Å². The maximum atomic E-state index is 14.6. The first-order chi connectivity index (χ1) is 15.3. The molecule has 2 aromatic heterocycles. The highest BCUT2D eigenvalue weighted by molar-refractivity contribution is 7.17. The van der Waals surface area contributed by atoms with E-state index >= 15 is 0 Å². The van der Waals surface area contributed by atoms with Gasteiger partial charge in [-0.2, -0.15) is 0 Å². The van der Waals surface area contributed by atoms with E-state index in [1.165, 1.54) is 30.7 Å². The lowest BCUT2D eigenvalue weighted by atomic mass is 10.2. The summed E-state index contributed by atoms with van der Waals surface area (Å²) >= 11 is 0.877. The minimum Gasteiger partial charge on any atom is -0.496 e. The Morgan fingerprint density at radius 3 is 2.69 bits per heavy atom. The highest BCUT2D eigenvalue weighted by atomic mass is 32.1. The summed E-state index contributed by atoms with van der Waals surface area (Å²) in [4.78, 5) is 39.3. The van der Waals surface area contributed by atoms with Crippen LogP contribution in [-0.2, 0) is 6.61 Å². The van der Waals surface area contributed by atoms with Gasteiger partial charge in [0.05, 0.1) is 29.3 Å². The monoisotopic (exact) mass is 460 g/mol. The lowest BCUT2D eigenvalue weighted by Gasteiger charge is -2.13. The van der Waals surface area contributed by atoms with E-state index in [0.717, 1.165) is 23.5 Å². The van der Waals surface area contributed by atoms with Gasteiger partial charge in [0.15, 0.2) is 0 Å². The molecule has 0 fully saturated rings. The van der Waals surface area contributed by atoms with Gasteiger partial charge in [-0.25, -0.2) is 22.9 Å². The van der Waals surface area contributed by atoms with Crippen molar-refractivity contribution in [2.75, 3.05) is 7.11 Å². The fraction of sp³-hybridized carbons (Fsp3) is 0.0952. The first kappa shape index (κ1) is 21.2. The summed E-state index contributed by atoms with van der Waals surface area (Å²) < 4.78 is 39.8. The highest BCUT2D eigenvalue weighted by Crippen LogP contribution is 2.26. The van der Waals surface area contributed by atoms with Crippen LogP contribution >= 0.6 is 11.3 Å². The van der Waals surface area contributed by atoms with Gasteiger partial charge in [0.2, 0.25) is 0 Å². The summed E-state index contributed by atoms with van der Waals surface area (Å²) in [6.45, 7) is -0.265. The molecule has 0 saturated carbocycles. The zero-order valence-electron chi connectivity index (χ0n) is 16.3. The molecule has 0 bridgehead atoms. The number of aromatic nitrogens is 2. The van der Waals surface area contributed by atoms with E-state index in [4.69, 9.17) is 9.47 Å². The number of hydrogen-bond acceptors (Lipinski definition) is 6. The molecule has 0 aliphatic heterocycles. The normalized spacial score (nSPS) is 11.0. The lowest BCUT2D eigenvalue weighted by molar-refractivity contribution is 0.0699. The molecule has 0 saturated heterocycles. The predicted octanol–water partition coefficient (Wildman–Crippen LogP) is 3.30. The molecule has 164 valence electrons. The average Bonchev–Trinajstić information content (AvgIpc) is 3.19. The number of aromatic carboxylic acids is 1. The average molecular weight is 460 g/mol. The van der Waals surface area contributed by atoms with Crippen LogP contribution in [0.25, 0.3) is 15.9 Å². The molecule has 32 heavy (non-hydrogen) atoms. The Morgan fingerprint density at radius 1 is 1.19 bits per heavy atom. The van der Waals surface area contributed by atoms with Crippen molar-refractivity contribution >= 4 is 27.5 Å². The van der Waals surface area contributed by atoms with Gasteiger partial charge < -0.3 is 14.6 Å². The Bertz CT molecular complexity index is 1470. The molecule has 2 heterocycles. The van der Waals surface area contributed by atoms with Crippen LogP contribution in [0.3, 0.4) is 0 Å². The number of carbonyl (C=O) groups is 1. The number of hydrogen-bond donors (Lipinski definition) is 2. The van der Waals surface area contributed by atoms with Crippen LogP contribution in [-0.4, -0.2) is 27.7 Å². The molecule has 0 unspecified atom stereocenters. The largest absolute Gasteiger partial charge is 0.496 e. The molecule has 2 N–H and O–H groups in total. The van der Waals surface area contributed by atoms with Gasteiger partial charge in [0.1, 0.15) is 34.6 Å². The van der Waals surface area contributed by atoms with E-state index in [-0.39, 0.29) is 39.4 Å². The van der Waals surface area contributed by atoms with Gasteiger partial charge in [0, 0.05) is 11.4 Å². The van der Waals surface area contributed by atoms with Gasteiger partial charge >= 0.3 is 11.7 Å². The molecule has 11 heteroatoms. The van der Waals surface area contributed by atoms with Gasteiger partial charge in [-0.05, 0) is 24.3 Å². The number of ether oxygens (including phenoxy) is 2.